The fourth-order valence-electron chi connectivity index (χ4n) is 2.78. The van der Waals surface area contributed by atoms with Crippen LogP contribution >= 0.6 is 27.5 Å². The average molecular weight is 406 g/mol. The normalized spacial score (nSPS) is 17.3. The second-order valence-electron chi connectivity index (χ2n) is 6.82. The topological polar surface area (TPSA) is 32.7 Å². The van der Waals surface area contributed by atoms with Crippen molar-refractivity contribution in [3.63, 3.8) is 0 Å². The smallest absolute Gasteiger partial charge is 0.149 e. The summed E-state index contributed by atoms with van der Waals surface area (Å²) in [6.07, 6.45) is 0.899. The molecule has 0 saturated heterocycles. The minimum absolute atomic E-state index is 0.00454. The zero-order valence-corrected chi connectivity index (χ0v) is 16.1. The second kappa shape index (κ2) is 6.34. The van der Waals surface area contributed by atoms with E-state index < -0.39 is 6.04 Å². The van der Waals surface area contributed by atoms with Crippen LogP contribution in [0.2, 0.25) is 5.02 Å². The highest BCUT2D eigenvalue weighted by Crippen LogP contribution is 2.39. The zero-order chi connectivity index (χ0) is 17.5. The number of halogens is 2. The van der Waals surface area contributed by atoms with E-state index in [4.69, 9.17) is 11.6 Å². The van der Waals surface area contributed by atoms with E-state index in [2.05, 4.69) is 41.8 Å². The van der Waals surface area contributed by atoms with Gasteiger partial charge < -0.3 is 4.79 Å². The van der Waals surface area contributed by atoms with Gasteiger partial charge in [0, 0.05) is 5.56 Å². The zero-order valence-electron chi connectivity index (χ0n) is 13.8. The summed E-state index contributed by atoms with van der Waals surface area (Å²) in [5.74, 6) is 0. The summed E-state index contributed by atoms with van der Waals surface area (Å²) >= 11 is 10.0. The summed E-state index contributed by atoms with van der Waals surface area (Å²) in [6, 6.07) is 13.1. The number of hydrogen-bond donors (Lipinski definition) is 0. The average Bonchev–Trinajstić information content (AvgIpc) is 2.54. The van der Waals surface area contributed by atoms with E-state index in [0.29, 0.717) is 15.3 Å². The lowest BCUT2D eigenvalue weighted by Crippen LogP contribution is -2.31. The van der Waals surface area contributed by atoms with E-state index >= 15 is 0 Å². The third-order valence-electron chi connectivity index (χ3n) is 4.15. The molecule has 2 aromatic carbocycles. The molecule has 24 heavy (non-hydrogen) atoms. The van der Waals surface area contributed by atoms with Gasteiger partial charge in [-0.3, -0.25) is 0 Å². The molecule has 2 aromatic rings. The van der Waals surface area contributed by atoms with Crippen LogP contribution in [0.25, 0.3) is 0 Å². The summed E-state index contributed by atoms with van der Waals surface area (Å²) in [6.45, 7) is 6.41. The first-order chi connectivity index (χ1) is 11.3. The first-order valence-corrected chi connectivity index (χ1v) is 8.88. The first kappa shape index (κ1) is 17.2. The quantitative estimate of drug-likeness (QED) is 0.622. The Balaban J connectivity index is 2.10. The van der Waals surface area contributed by atoms with Crippen molar-refractivity contribution in [2.45, 2.75) is 32.2 Å². The van der Waals surface area contributed by atoms with Gasteiger partial charge in [-0.2, -0.15) is 5.10 Å². The van der Waals surface area contributed by atoms with Gasteiger partial charge in [-0.1, -0.05) is 62.7 Å². The number of carbonyl (C=O) groups excluding carboxylic acids is 1. The lowest BCUT2D eigenvalue weighted by atomic mass is 9.87. The van der Waals surface area contributed by atoms with Gasteiger partial charge in [0.25, 0.3) is 0 Å². The van der Waals surface area contributed by atoms with Gasteiger partial charge >= 0.3 is 0 Å². The van der Waals surface area contributed by atoms with Gasteiger partial charge in [0.2, 0.25) is 0 Å². The van der Waals surface area contributed by atoms with Gasteiger partial charge in [-0.05, 0) is 44.6 Å². The van der Waals surface area contributed by atoms with Crippen LogP contribution in [0.5, 0.6) is 0 Å². The maximum Gasteiger partial charge on any atom is 0.149 e. The van der Waals surface area contributed by atoms with Crippen molar-refractivity contribution in [2.75, 3.05) is 5.01 Å². The SMILES string of the molecule is CC(C)(C)c1ccc(N2N=C(Br)c3ccccc3C2C=O)c(Cl)c1. The molecule has 5 heteroatoms. The molecule has 0 amide bonds. The van der Waals surface area contributed by atoms with Crippen molar-refractivity contribution in [1.82, 2.24) is 0 Å². The highest BCUT2D eigenvalue weighted by Gasteiger charge is 2.30. The van der Waals surface area contributed by atoms with Crippen LogP contribution in [-0.2, 0) is 10.2 Å². The van der Waals surface area contributed by atoms with Crippen LogP contribution in [-0.4, -0.2) is 10.9 Å². The molecule has 1 aliphatic heterocycles. The third kappa shape index (κ3) is 3.01. The predicted octanol–water partition coefficient (Wildman–Crippen LogP) is 5.45. The Bertz CT molecular complexity index is 826. The Kier molecular flexibility index (Phi) is 4.54. The molecule has 0 spiro atoms. The van der Waals surface area contributed by atoms with Crippen LogP contribution in [0, 0.1) is 0 Å². The van der Waals surface area contributed by atoms with Crippen LogP contribution in [0.3, 0.4) is 0 Å². The molecule has 0 fully saturated rings. The summed E-state index contributed by atoms with van der Waals surface area (Å²) in [5, 5.41) is 6.81. The Morgan fingerprint density at radius 1 is 1.21 bits per heavy atom. The molecule has 1 atom stereocenters. The lowest BCUT2D eigenvalue weighted by Gasteiger charge is -2.32. The second-order valence-corrected chi connectivity index (χ2v) is 7.98. The molecule has 0 bridgehead atoms. The van der Waals surface area contributed by atoms with Crippen LogP contribution in [0.15, 0.2) is 47.6 Å². The molecule has 0 aliphatic carbocycles. The maximum atomic E-state index is 11.8. The van der Waals surface area contributed by atoms with Gasteiger partial charge in [-0.25, -0.2) is 5.01 Å². The molecule has 0 radical (unpaired) electrons. The van der Waals surface area contributed by atoms with Crippen LogP contribution in [0.1, 0.15) is 43.5 Å². The van der Waals surface area contributed by atoms with E-state index in [1.165, 1.54) is 0 Å². The van der Waals surface area contributed by atoms with E-state index in [1.54, 1.807) is 5.01 Å². The fourth-order valence-corrected chi connectivity index (χ4v) is 3.58. The minimum Gasteiger partial charge on any atom is -0.301 e. The number of hydrogen-bond acceptors (Lipinski definition) is 3. The molecule has 0 aromatic heterocycles. The lowest BCUT2D eigenvalue weighted by molar-refractivity contribution is -0.109. The monoisotopic (exact) mass is 404 g/mol. The number of aldehydes is 1. The van der Waals surface area contributed by atoms with Gasteiger partial charge in [0.15, 0.2) is 0 Å². The summed E-state index contributed by atoms with van der Waals surface area (Å²) in [4.78, 5) is 11.8. The first-order valence-electron chi connectivity index (χ1n) is 7.71. The third-order valence-corrected chi connectivity index (χ3v) is 5.04. The fraction of sp³-hybridized carbons (Fsp3) is 0.263. The van der Waals surface area contributed by atoms with Crippen molar-refractivity contribution in [3.05, 3.63) is 64.2 Å². The highest BCUT2D eigenvalue weighted by atomic mass is 79.9. The molecule has 3 rings (SSSR count). The summed E-state index contributed by atoms with van der Waals surface area (Å²) in [7, 11) is 0. The van der Waals surface area contributed by atoms with Gasteiger partial charge in [0.05, 0.1) is 10.7 Å². The molecule has 124 valence electrons. The predicted molar refractivity (Wildman–Crippen MR) is 103 cm³/mol. The Morgan fingerprint density at radius 2 is 1.92 bits per heavy atom. The van der Waals surface area contributed by atoms with Crippen LogP contribution in [0.4, 0.5) is 5.69 Å². The summed E-state index contributed by atoms with van der Waals surface area (Å²) < 4.78 is 0.687. The number of anilines is 1. The molecule has 1 aliphatic rings. The van der Waals surface area contributed by atoms with E-state index in [0.717, 1.165) is 23.0 Å². The van der Waals surface area contributed by atoms with E-state index in [9.17, 15) is 4.79 Å². The molecule has 3 nitrogen and oxygen atoms in total. The number of benzene rings is 2. The standard InChI is InChI=1S/C19H18BrClN2O/c1-19(2,3)12-8-9-16(15(21)10-12)23-17(11-24)13-6-4-5-7-14(13)18(20)22-23/h4-11,17H,1-3H3. The molecule has 0 N–H and O–H groups in total. The number of rotatable bonds is 2. The van der Waals surface area contributed by atoms with E-state index in [1.807, 2.05) is 42.5 Å². The summed E-state index contributed by atoms with van der Waals surface area (Å²) in [5.41, 5.74) is 3.69. The largest absolute Gasteiger partial charge is 0.301 e. The van der Waals surface area contributed by atoms with Crippen LogP contribution < -0.4 is 5.01 Å². The van der Waals surface area contributed by atoms with Crippen molar-refractivity contribution in [3.8, 4) is 0 Å². The van der Waals surface area contributed by atoms with Crippen molar-refractivity contribution in [1.29, 1.82) is 0 Å². The molecule has 1 unspecified atom stereocenters. The Morgan fingerprint density at radius 3 is 2.54 bits per heavy atom. The minimum atomic E-state index is -0.500. The Hall–Kier alpha value is -1.65. The highest BCUT2D eigenvalue weighted by molar-refractivity contribution is 9.18. The number of fused-ring (bicyclic) bond motifs is 1. The van der Waals surface area contributed by atoms with Gasteiger partial charge in [-0.15, -0.1) is 0 Å². The number of carbonyl (C=O) groups is 1. The van der Waals surface area contributed by atoms with Crippen molar-refractivity contribution >= 4 is 44.1 Å². The van der Waals surface area contributed by atoms with Crippen molar-refractivity contribution < 1.29 is 4.79 Å². The molecule has 0 saturated carbocycles. The van der Waals surface area contributed by atoms with E-state index in [-0.39, 0.29) is 5.41 Å². The molecule has 1 heterocycles. The Labute approximate surface area is 155 Å². The molecular weight excluding hydrogens is 388 g/mol. The maximum absolute atomic E-state index is 11.8. The van der Waals surface area contributed by atoms with Gasteiger partial charge in [0.1, 0.15) is 16.9 Å². The number of hydrazone groups is 1. The number of nitrogens with zero attached hydrogens (tertiary/aromatic N) is 2. The van der Waals surface area contributed by atoms with Crippen molar-refractivity contribution in [2.24, 2.45) is 5.10 Å². The molecular formula is C19H18BrClN2O.